The molecule has 102 valence electrons. The van der Waals surface area contributed by atoms with Crippen LogP contribution in [0, 0.1) is 6.92 Å². The number of hydrogen-bond donors (Lipinski definition) is 1. The first-order valence-electron chi connectivity index (χ1n) is 6.26. The Morgan fingerprint density at radius 1 is 1.32 bits per heavy atom. The van der Waals surface area contributed by atoms with Crippen molar-refractivity contribution in [2.75, 3.05) is 0 Å². The zero-order valence-corrected chi connectivity index (χ0v) is 11.4. The number of aryl methyl sites for hydroxylation is 1. The van der Waals surface area contributed by atoms with Crippen molar-refractivity contribution in [3.8, 4) is 5.88 Å². The van der Waals surface area contributed by atoms with Gasteiger partial charge in [-0.25, -0.2) is 9.61 Å². The number of aromatic nitrogens is 3. The molecule has 0 aliphatic heterocycles. The molecule has 6 heteroatoms. The van der Waals surface area contributed by atoms with E-state index in [1.807, 2.05) is 32.9 Å². The highest BCUT2D eigenvalue weighted by Crippen LogP contribution is 2.15. The van der Waals surface area contributed by atoms with Gasteiger partial charge in [0.25, 0.3) is 0 Å². The first kappa shape index (κ1) is 13.5. The summed E-state index contributed by atoms with van der Waals surface area (Å²) >= 11 is 0. The normalized spacial score (nSPS) is 10.9. The van der Waals surface area contributed by atoms with Gasteiger partial charge in [-0.3, -0.25) is 0 Å². The fourth-order valence-corrected chi connectivity index (χ4v) is 1.61. The fourth-order valence-electron chi connectivity index (χ4n) is 1.61. The lowest BCUT2D eigenvalue weighted by atomic mass is 10.2. The molecule has 0 saturated carbocycles. The van der Waals surface area contributed by atoms with Crippen LogP contribution < -0.4 is 10.1 Å². The van der Waals surface area contributed by atoms with E-state index in [9.17, 15) is 0 Å². The summed E-state index contributed by atoms with van der Waals surface area (Å²) in [6.07, 6.45) is 1.84. The molecule has 0 saturated heterocycles. The molecule has 2 aromatic heterocycles. The summed E-state index contributed by atoms with van der Waals surface area (Å²) in [4.78, 5) is 4.24. The van der Waals surface area contributed by atoms with E-state index >= 15 is 0 Å². The van der Waals surface area contributed by atoms with Gasteiger partial charge in [0, 0.05) is 24.8 Å². The highest BCUT2D eigenvalue weighted by molar-refractivity contribution is 5.25. The average Bonchev–Trinajstić information content (AvgIpc) is 2.77. The van der Waals surface area contributed by atoms with Crippen molar-refractivity contribution in [1.82, 2.24) is 20.6 Å². The maximum atomic E-state index is 5.66. The summed E-state index contributed by atoms with van der Waals surface area (Å²) in [5.74, 6) is 0.667. The molecule has 0 spiro atoms. The molecule has 0 unspecified atom stereocenters. The van der Waals surface area contributed by atoms with Gasteiger partial charge in [0.1, 0.15) is 11.4 Å². The summed E-state index contributed by atoms with van der Waals surface area (Å²) < 4.78 is 10.3. The number of hydrogen-bond acceptors (Lipinski definition) is 6. The maximum Gasteiger partial charge on any atom is 0.218 e. The van der Waals surface area contributed by atoms with E-state index < -0.39 is 0 Å². The lowest BCUT2D eigenvalue weighted by Crippen LogP contribution is -2.16. The van der Waals surface area contributed by atoms with E-state index in [4.69, 9.17) is 4.74 Å². The van der Waals surface area contributed by atoms with Crippen molar-refractivity contribution in [3.63, 3.8) is 0 Å². The molecular formula is C13H18N4O2. The second-order valence-corrected chi connectivity index (χ2v) is 4.53. The minimum absolute atomic E-state index is 0.107. The molecule has 0 fully saturated rings. The predicted molar refractivity (Wildman–Crippen MR) is 69.6 cm³/mol. The van der Waals surface area contributed by atoms with Crippen molar-refractivity contribution < 1.29 is 9.37 Å². The Hall–Kier alpha value is -1.95. The largest absolute Gasteiger partial charge is 0.475 e. The van der Waals surface area contributed by atoms with Crippen molar-refractivity contribution in [1.29, 1.82) is 0 Å². The molecular weight excluding hydrogens is 244 g/mol. The van der Waals surface area contributed by atoms with Crippen molar-refractivity contribution in [2.24, 2.45) is 0 Å². The van der Waals surface area contributed by atoms with Gasteiger partial charge < -0.3 is 10.1 Å². The molecule has 1 N–H and O–H groups in total. The van der Waals surface area contributed by atoms with Gasteiger partial charge in [-0.15, -0.1) is 0 Å². The highest BCUT2D eigenvalue weighted by atomic mass is 16.6. The van der Waals surface area contributed by atoms with E-state index in [-0.39, 0.29) is 6.10 Å². The Kier molecular flexibility index (Phi) is 4.46. The molecule has 0 aromatic carbocycles. The van der Waals surface area contributed by atoms with Gasteiger partial charge in [-0.2, -0.15) is 0 Å². The van der Waals surface area contributed by atoms with E-state index in [1.165, 1.54) is 0 Å². The summed E-state index contributed by atoms with van der Waals surface area (Å²) in [7, 11) is 0. The zero-order chi connectivity index (χ0) is 13.7. The monoisotopic (exact) mass is 262 g/mol. The number of rotatable bonds is 6. The molecule has 0 aliphatic rings. The molecule has 19 heavy (non-hydrogen) atoms. The number of pyridine rings is 1. The van der Waals surface area contributed by atoms with Crippen LogP contribution in [0.3, 0.4) is 0 Å². The molecule has 0 bridgehead atoms. The Morgan fingerprint density at radius 2 is 2.16 bits per heavy atom. The molecule has 6 nitrogen and oxygen atoms in total. The van der Waals surface area contributed by atoms with Gasteiger partial charge in [0.15, 0.2) is 0 Å². The summed E-state index contributed by atoms with van der Waals surface area (Å²) in [6, 6.07) is 3.89. The van der Waals surface area contributed by atoms with Crippen LogP contribution in [0.4, 0.5) is 0 Å². The Bertz CT molecular complexity index is 525. The summed E-state index contributed by atoms with van der Waals surface area (Å²) in [6.45, 7) is 7.09. The van der Waals surface area contributed by atoms with Crippen LogP contribution in [0.2, 0.25) is 0 Å². The minimum atomic E-state index is 0.107. The Balaban J connectivity index is 1.94. The minimum Gasteiger partial charge on any atom is -0.475 e. The molecule has 0 radical (unpaired) electrons. The summed E-state index contributed by atoms with van der Waals surface area (Å²) in [5, 5.41) is 10.8. The predicted octanol–water partition coefficient (Wildman–Crippen LogP) is 1.85. The van der Waals surface area contributed by atoms with Gasteiger partial charge in [0.2, 0.25) is 5.88 Å². The lowest BCUT2D eigenvalue weighted by molar-refractivity contribution is 0.229. The van der Waals surface area contributed by atoms with Crippen LogP contribution in [0.1, 0.15) is 30.8 Å². The fraction of sp³-hybridized carbons (Fsp3) is 0.462. The van der Waals surface area contributed by atoms with Gasteiger partial charge in [0.05, 0.1) is 6.10 Å². The first-order valence-corrected chi connectivity index (χ1v) is 6.26. The standard InChI is InChI=1S/C13H18N4O2/c1-9(2)18-13-11(5-4-6-15-13)7-14-8-12-10(3)16-19-17-12/h4-6,9,14H,7-8H2,1-3H3. The SMILES string of the molecule is Cc1nonc1CNCc1cccnc1OC(C)C. The lowest BCUT2D eigenvalue weighted by Gasteiger charge is -2.12. The Labute approximate surface area is 112 Å². The Morgan fingerprint density at radius 3 is 2.84 bits per heavy atom. The van der Waals surface area contributed by atoms with Gasteiger partial charge in [-0.05, 0) is 26.8 Å². The third kappa shape index (κ3) is 3.75. The topological polar surface area (TPSA) is 73.1 Å². The van der Waals surface area contributed by atoms with Crippen LogP contribution in [-0.4, -0.2) is 21.4 Å². The third-order valence-corrected chi connectivity index (χ3v) is 2.55. The van der Waals surface area contributed by atoms with Crippen LogP contribution >= 0.6 is 0 Å². The van der Waals surface area contributed by atoms with Crippen molar-refractivity contribution in [2.45, 2.75) is 40.0 Å². The first-order chi connectivity index (χ1) is 9.16. The molecule has 2 aromatic rings. The van der Waals surface area contributed by atoms with E-state index in [0.29, 0.717) is 19.0 Å². The third-order valence-electron chi connectivity index (χ3n) is 2.55. The maximum absolute atomic E-state index is 5.66. The van der Waals surface area contributed by atoms with Crippen LogP contribution in [0.5, 0.6) is 5.88 Å². The molecule has 2 heterocycles. The van der Waals surface area contributed by atoms with E-state index in [2.05, 4.69) is 25.2 Å². The molecule has 0 atom stereocenters. The second kappa shape index (κ2) is 6.29. The van der Waals surface area contributed by atoms with Gasteiger partial charge >= 0.3 is 0 Å². The van der Waals surface area contributed by atoms with Crippen molar-refractivity contribution in [3.05, 3.63) is 35.3 Å². The quantitative estimate of drug-likeness (QED) is 0.856. The van der Waals surface area contributed by atoms with Gasteiger partial charge in [-0.1, -0.05) is 16.4 Å². The van der Waals surface area contributed by atoms with Crippen molar-refractivity contribution >= 4 is 0 Å². The van der Waals surface area contributed by atoms with E-state index in [0.717, 1.165) is 17.0 Å². The van der Waals surface area contributed by atoms with Crippen LogP contribution in [0.25, 0.3) is 0 Å². The summed E-state index contributed by atoms with van der Waals surface area (Å²) in [5.41, 5.74) is 2.64. The number of ether oxygens (including phenoxy) is 1. The molecule has 0 aliphatic carbocycles. The second-order valence-electron chi connectivity index (χ2n) is 4.53. The molecule has 2 rings (SSSR count). The van der Waals surface area contributed by atoms with Crippen LogP contribution in [-0.2, 0) is 13.1 Å². The molecule has 0 amide bonds. The smallest absolute Gasteiger partial charge is 0.218 e. The zero-order valence-electron chi connectivity index (χ0n) is 11.4. The number of nitrogens with zero attached hydrogens (tertiary/aromatic N) is 3. The highest BCUT2D eigenvalue weighted by Gasteiger charge is 2.08. The van der Waals surface area contributed by atoms with Crippen LogP contribution in [0.15, 0.2) is 23.0 Å². The average molecular weight is 262 g/mol. The number of nitrogens with one attached hydrogen (secondary N) is 1. The van der Waals surface area contributed by atoms with E-state index in [1.54, 1.807) is 6.20 Å².